The van der Waals surface area contributed by atoms with E-state index in [1.54, 1.807) is 0 Å². The first kappa shape index (κ1) is 43.7. The maximum absolute atomic E-state index is 4.48. The van der Waals surface area contributed by atoms with Crippen molar-refractivity contribution in [2.45, 2.75) is 38.0 Å². The molecule has 1 aromatic heterocycles. The molecule has 2 heteroatoms. The Morgan fingerprint density at radius 1 is 0.493 bits per heavy atom. The van der Waals surface area contributed by atoms with E-state index in [4.69, 9.17) is 0 Å². The molecule has 0 radical (unpaired) electrons. The molecule has 0 bridgehead atoms. The van der Waals surface area contributed by atoms with Crippen molar-refractivity contribution >= 4 is 50.3 Å². The Balaban J connectivity index is 1.00. The lowest BCUT2D eigenvalue weighted by molar-refractivity contribution is 0.716. The predicted molar refractivity (Wildman–Crippen MR) is 301 cm³/mol. The highest BCUT2D eigenvalue weighted by Gasteiger charge is 2.25. The number of hydrogen-bond donors (Lipinski definition) is 0. The molecule has 2 atom stereocenters. The monoisotopic (exact) mass is 910 g/mol. The minimum atomic E-state index is 0.145. The van der Waals surface area contributed by atoms with Gasteiger partial charge in [-0.3, -0.25) is 4.98 Å². The molecule has 0 fully saturated rings. The van der Waals surface area contributed by atoms with Crippen LogP contribution in [-0.2, 0) is 6.42 Å². The van der Waals surface area contributed by atoms with Crippen LogP contribution in [0.25, 0.3) is 66.6 Å². The summed E-state index contributed by atoms with van der Waals surface area (Å²) in [6.45, 7) is 2.36. The summed E-state index contributed by atoms with van der Waals surface area (Å²) >= 11 is 0. The van der Waals surface area contributed by atoms with Gasteiger partial charge in [0.15, 0.2) is 0 Å². The fourth-order valence-corrected chi connectivity index (χ4v) is 11.2. The number of anilines is 3. The van der Waals surface area contributed by atoms with Crippen molar-refractivity contribution in [2.75, 3.05) is 4.90 Å². The highest BCUT2D eigenvalue weighted by molar-refractivity contribution is 6.07. The normalized spacial score (nSPS) is 13.6. The van der Waals surface area contributed by atoms with E-state index in [9.17, 15) is 0 Å². The van der Waals surface area contributed by atoms with Crippen molar-refractivity contribution in [2.24, 2.45) is 0 Å². The molecular formula is C69H54N2. The van der Waals surface area contributed by atoms with Gasteiger partial charge < -0.3 is 4.90 Å². The highest BCUT2D eigenvalue weighted by Crippen LogP contribution is 2.47. The third-order valence-corrected chi connectivity index (χ3v) is 14.7. The number of allylic oxidation sites excluding steroid dienone is 1. The molecule has 0 saturated heterocycles. The molecule has 71 heavy (non-hydrogen) atoms. The van der Waals surface area contributed by atoms with Crippen molar-refractivity contribution in [1.82, 2.24) is 4.98 Å². The van der Waals surface area contributed by atoms with E-state index in [1.807, 2.05) is 12.4 Å². The first-order valence-electron chi connectivity index (χ1n) is 25.1. The molecule has 0 spiro atoms. The van der Waals surface area contributed by atoms with Gasteiger partial charge in [0, 0.05) is 40.3 Å². The molecule has 12 rings (SSSR count). The van der Waals surface area contributed by atoms with Crippen molar-refractivity contribution < 1.29 is 0 Å². The average molecular weight is 911 g/mol. The summed E-state index contributed by atoms with van der Waals surface area (Å²) < 4.78 is 0. The molecular weight excluding hydrogens is 857 g/mol. The van der Waals surface area contributed by atoms with E-state index >= 15 is 0 Å². The van der Waals surface area contributed by atoms with E-state index < -0.39 is 0 Å². The zero-order chi connectivity index (χ0) is 47.5. The number of aromatic nitrogens is 1. The fraction of sp³-hybridized carbons (Fsp3) is 0.0870. The Hall–Kier alpha value is -8.59. The van der Waals surface area contributed by atoms with Crippen LogP contribution in [-0.4, -0.2) is 4.98 Å². The fourth-order valence-electron chi connectivity index (χ4n) is 11.2. The first-order valence-corrected chi connectivity index (χ1v) is 25.1. The minimum absolute atomic E-state index is 0.145. The van der Waals surface area contributed by atoms with Crippen molar-refractivity contribution in [3.8, 4) is 33.4 Å². The molecule has 11 aromatic rings. The lowest BCUT2D eigenvalue weighted by atomic mass is 9.80. The van der Waals surface area contributed by atoms with Crippen molar-refractivity contribution in [1.29, 1.82) is 0 Å². The lowest BCUT2D eigenvalue weighted by Crippen LogP contribution is -2.13. The molecule has 0 N–H and O–H groups in total. The lowest BCUT2D eigenvalue weighted by Gasteiger charge is -2.30. The molecule has 340 valence electrons. The van der Waals surface area contributed by atoms with Gasteiger partial charge in [-0.05, 0) is 139 Å². The molecule has 0 aliphatic heterocycles. The Bertz CT molecular complexity index is 3690. The Morgan fingerprint density at radius 3 is 2.00 bits per heavy atom. The van der Waals surface area contributed by atoms with Gasteiger partial charge in [0.05, 0.1) is 11.4 Å². The summed E-state index contributed by atoms with van der Waals surface area (Å²) in [6, 6.07) is 89.6. The van der Waals surface area contributed by atoms with Gasteiger partial charge in [0.25, 0.3) is 0 Å². The zero-order valence-corrected chi connectivity index (χ0v) is 40.0. The number of aryl methyl sites for hydroxylation is 1. The summed E-state index contributed by atoms with van der Waals surface area (Å²) in [5, 5.41) is 4.72. The van der Waals surface area contributed by atoms with Crippen LogP contribution >= 0.6 is 0 Å². The predicted octanol–water partition coefficient (Wildman–Crippen LogP) is 18.7. The summed E-state index contributed by atoms with van der Waals surface area (Å²) in [7, 11) is 0. The number of nitrogens with zero attached hydrogens (tertiary/aromatic N) is 2. The molecule has 10 aromatic carbocycles. The van der Waals surface area contributed by atoms with Gasteiger partial charge in [0.2, 0.25) is 0 Å². The van der Waals surface area contributed by atoms with Crippen LogP contribution in [0.2, 0.25) is 0 Å². The summed E-state index contributed by atoms with van der Waals surface area (Å²) in [5.41, 5.74) is 20.2. The molecule has 1 aliphatic rings. The number of hydrogen-bond acceptors (Lipinski definition) is 2. The van der Waals surface area contributed by atoms with Gasteiger partial charge in [-0.2, -0.15) is 0 Å². The molecule has 2 unspecified atom stereocenters. The topological polar surface area (TPSA) is 16.1 Å². The number of para-hydroxylation sites is 1. The second kappa shape index (κ2) is 19.4. The van der Waals surface area contributed by atoms with Crippen molar-refractivity contribution in [3.05, 3.63) is 288 Å². The Morgan fingerprint density at radius 2 is 1.17 bits per heavy atom. The summed E-state index contributed by atoms with van der Waals surface area (Å²) in [6.07, 6.45) is 9.08. The standard InChI is InChI=1S/C69H54N2/c1-48-43-60(46-56-21-11-12-27-62(48)56)50-33-35-52(36-34-50)63(57-24-13-23-54(44-57)49-17-5-2-6-18-49)40-39-53-22-14-32-68(69(53)58-37-38-59-47-70-42-41-55(59)45-58)71(61-25-9-4-10-26-61)67-31-16-29-65-64(28-15-30-66(65)67)51-19-7-3-8-20-51/h2-38,41-42,44-48,63H,39-40,43H2,1H3. The molecule has 0 amide bonds. The van der Waals surface area contributed by atoms with E-state index in [2.05, 4.69) is 266 Å². The average Bonchev–Trinajstić information content (AvgIpc) is 3.44. The van der Waals surface area contributed by atoms with Crippen LogP contribution in [0.15, 0.2) is 255 Å². The SMILES string of the molecule is CC1CC(c2ccc(C(CCc3cccc(N(c4ccccc4)c4cccc5c(-c6ccccc6)cccc45)c3-c3ccc4cnccc4c3)c3cccc(-c4ccccc4)c3)cc2)=Cc2ccccc21. The van der Waals surface area contributed by atoms with Crippen LogP contribution in [0.3, 0.4) is 0 Å². The van der Waals surface area contributed by atoms with Gasteiger partial charge in [-0.15, -0.1) is 0 Å². The molecule has 2 nitrogen and oxygen atoms in total. The molecule has 1 aliphatic carbocycles. The van der Waals surface area contributed by atoms with Gasteiger partial charge in [-0.25, -0.2) is 0 Å². The highest BCUT2D eigenvalue weighted by atomic mass is 15.1. The third kappa shape index (κ3) is 8.75. The number of rotatable bonds is 12. The maximum atomic E-state index is 4.48. The Labute approximate surface area is 417 Å². The van der Waals surface area contributed by atoms with Gasteiger partial charge in [0.1, 0.15) is 0 Å². The second-order valence-electron chi connectivity index (χ2n) is 19.1. The second-order valence-corrected chi connectivity index (χ2v) is 19.1. The maximum Gasteiger partial charge on any atom is 0.0543 e. The number of benzene rings is 10. The summed E-state index contributed by atoms with van der Waals surface area (Å²) in [4.78, 5) is 6.97. The van der Waals surface area contributed by atoms with Gasteiger partial charge >= 0.3 is 0 Å². The molecule has 1 heterocycles. The van der Waals surface area contributed by atoms with E-state index in [-0.39, 0.29) is 5.92 Å². The van der Waals surface area contributed by atoms with Crippen LogP contribution in [0.4, 0.5) is 17.1 Å². The third-order valence-electron chi connectivity index (χ3n) is 14.7. The smallest absolute Gasteiger partial charge is 0.0543 e. The first-order chi connectivity index (χ1) is 35.1. The molecule has 0 saturated carbocycles. The summed E-state index contributed by atoms with van der Waals surface area (Å²) in [5.74, 6) is 0.625. The van der Waals surface area contributed by atoms with E-state index in [0.717, 1.165) is 41.7 Å². The zero-order valence-electron chi connectivity index (χ0n) is 40.0. The minimum Gasteiger partial charge on any atom is -0.309 e. The quantitative estimate of drug-likeness (QED) is 0.121. The number of pyridine rings is 1. The largest absolute Gasteiger partial charge is 0.309 e. The van der Waals surface area contributed by atoms with Crippen LogP contribution in [0.1, 0.15) is 65.0 Å². The van der Waals surface area contributed by atoms with Crippen LogP contribution < -0.4 is 4.90 Å². The van der Waals surface area contributed by atoms with Crippen molar-refractivity contribution in [3.63, 3.8) is 0 Å². The van der Waals surface area contributed by atoms with E-state index in [0.29, 0.717) is 5.92 Å². The Kier molecular flexibility index (Phi) is 11.9. The van der Waals surface area contributed by atoms with Gasteiger partial charge in [-0.1, -0.05) is 219 Å². The van der Waals surface area contributed by atoms with Crippen LogP contribution in [0, 0.1) is 0 Å². The van der Waals surface area contributed by atoms with Crippen LogP contribution in [0.5, 0.6) is 0 Å². The number of fused-ring (bicyclic) bond motifs is 3. The van der Waals surface area contributed by atoms with E-state index in [1.165, 1.54) is 88.5 Å².